The summed E-state index contributed by atoms with van der Waals surface area (Å²) in [6, 6.07) is -1.72. The predicted molar refractivity (Wildman–Crippen MR) is 55.6 cm³/mol. The molecular weight excluding hydrogens is 256 g/mol. The fourth-order valence-electron chi connectivity index (χ4n) is 0.861. The SMILES string of the molecule is COCCNS(=O)(=O)N[C@@H](CC(=O)O)C(=O)O. The van der Waals surface area contributed by atoms with E-state index in [1.165, 1.54) is 7.11 Å². The molecule has 0 aliphatic heterocycles. The standard InChI is InChI=1S/C7H14N2O7S/c1-16-3-2-8-17(14,15)9-5(7(12)13)4-6(10)11/h5,8-9H,2-4H2,1H3,(H,10,11)(H,12,13)/t5-/m0/s1. The molecule has 0 bridgehead atoms. The van der Waals surface area contributed by atoms with Crippen LogP contribution in [0.25, 0.3) is 0 Å². The van der Waals surface area contributed by atoms with Crippen molar-refractivity contribution >= 4 is 22.1 Å². The van der Waals surface area contributed by atoms with Crippen LogP contribution in [0.4, 0.5) is 0 Å². The molecule has 0 spiro atoms. The highest BCUT2D eigenvalue weighted by Crippen LogP contribution is 1.95. The number of carbonyl (C=O) groups is 2. The minimum Gasteiger partial charge on any atom is -0.481 e. The third-order valence-corrected chi connectivity index (χ3v) is 2.75. The van der Waals surface area contributed by atoms with Gasteiger partial charge in [0.05, 0.1) is 13.0 Å². The van der Waals surface area contributed by atoms with Crippen LogP contribution in [0.3, 0.4) is 0 Å². The Kier molecular flexibility index (Phi) is 6.65. The smallest absolute Gasteiger partial charge is 0.322 e. The van der Waals surface area contributed by atoms with E-state index in [1.54, 1.807) is 4.72 Å². The summed E-state index contributed by atoms with van der Waals surface area (Å²) in [4.78, 5) is 20.9. The molecule has 0 unspecified atom stereocenters. The van der Waals surface area contributed by atoms with Gasteiger partial charge in [-0.25, -0.2) is 0 Å². The van der Waals surface area contributed by atoms with Crippen LogP contribution in [0.15, 0.2) is 0 Å². The van der Waals surface area contributed by atoms with Crippen LogP contribution >= 0.6 is 0 Å². The van der Waals surface area contributed by atoms with Crippen molar-refractivity contribution in [1.82, 2.24) is 9.44 Å². The largest absolute Gasteiger partial charge is 0.481 e. The van der Waals surface area contributed by atoms with E-state index < -0.39 is 34.6 Å². The average Bonchev–Trinajstić information content (AvgIpc) is 2.15. The molecule has 0 aliphatic rings. The Morgan fingerprint density at radius 1 is 1.35 bits per heavy atom. The van der Waals surface area contributed by atoms with Crippen LogP contribution in [0.5, 0.6) is 0 Å². The van der Waals surface area contributed by atoms with Gasteiger partial charge < -0.3 is 14.9 Å². The lowest BCUT2D eigenvalue weighted by Crippen LogP contribution is -2.47. The zero-order chi connectivity index (χ0) is 13.5. The van der Waals surface area contributed by atoms with Crippen LogP contribution in [-0.2, 0) is 24.5 Å². The maximum atomic E-state index is 11.3. The Morgan fingerprint density at radius 2 is 1.94 bits per heavy atom. The molecule has 0 saturated heterocycles. The number of hydrogen-bond donors (Lipinski definition) is 4. The van der Waals surface area contributed by atoms with Crippen molar-refractivity contribution in [2.45, 2.75) is 12.5 Å². The molecule has 0 radical (unpaired) electrons. The van der Waals surface area contributed by atoms with Gasteiger partial charge in [0.15, 0.2) is 0 Å². The molecule has 0 aromatic rings. The summed E-state index contributed by atoms with van der Waals surface area (Å²) >= 11 is 0. The third-order valence-electron chi connectivity index (χ3n) is 1.57. The summed E-state index contributed by atoms with van der Waals surface area (Å²) in [5.41, 5.74) is 0. The van der Waals surface area contributed by atoms with E-state index in [-0.39, 0.29) is 13.2 Å². The van der Waals surface area contributed by atoms with Crippen molar-refractivity contribution in [3.8, 4) is 0 Å². The van der Waals surface area contributed by atoms with Crippen molar-refractivity contribution < 1.29 is 33.0 Å². The Labute approximate surface area is 97.9 Å². The molecule has 0 saturated carbocycles. The molecule has 0 heterocycles. The van der Waals surface area contributed by atoms with Gasteiger partial charge in [-0.05, 0) is 0 Å². The number of rotatable bonds is 9. The van der Waals surface area contributed by atoms with E-state index in [2.05, 4.69) is 4.74 Å². The van der Waals surface area contributed by atoms with Gasteiger partial charge in [0.1, 0.15) is 6.04 Å². The van der Waals surface area contributed by atoms with E-state index in [0.717, 1.165) is 0 Å². The van der Waals surface area contributed by atoms with Gasteiger partial charge in [0.25, 0.3) is 10.2 Å². The molecule has 0 amide bonds. The minimum atomic E-state index is -4.07. The topological polar surface area (TPSA) is 142 Å². The van der Waals surface area contributed by atoms with Crippen molar-refractivity contribution in [3.05, 3.63) is 0 Å². The lowest BCUT2D eigenvalue weighted by molar-refractivity contribution is -0.145. The highest BCUT2D eigenvalue weighted by molar-refractivity contribution is 7.87. The van der Waals surface area contributed by atoms with Gasteiger partial charge >= 0.3 is 11.9 Å². The summed E-state index contributed by atoms with van der Waals surface area (Å²) in [6.07, 6.45) is -0.847. The van der Waals surface area contributed by atoms with Gasteiger partial charge in [0.2, 0.25) is 0 Å². The van der Waals surface area contributed by atoms with Crippen molar-refractivity contribution in [3.63, 3.8) is 0 Å². The Balaban J connectivity index is 4.42. The van der Waals surface area contributed by atoms with Crippen molar-refractivity contribution in [2.75, 3.05) is 20.3 Å². The number of ether oxygens (including phenoxy) is 1. The Hall–Kier alpha value is -1.23. The molecule has 0 fully saturated rings. The number of aliphatic carboxylic acids is 2. The molecular formula is C7H14N2O7S. The fourth-order valence-corrected chi connectivity index (χ4v) is 1.86. The third kappa shape index (κ3) is 7.63. The first-order valence-corrected chi connectivity index (χ1v) is 5.97. The summed E-state index contributed by atoms with van der Waals surface area (Å²) in [6.45, 7) is 0.0584. The summed E-state index contributed by atoms with van der Waals surface area (Å²) in [5.74, 6) is -2.98. The molecule has 9 nitrogen and oxygen atoms in total. The second kappa shape index (κ2) is 7.17. The summed E-state index contributed by atoms with van der Waals surface area (Å²) in [7, 11) is -2.70. The normalized spacial score (nSPS) is 13.2. The first kappa shape index (κ1) is 15.8. The van der Waals surface area contributed by atoms with Crippen LogP contribution in [0, 0.1) is 0 Å². The highest BCUT2D eigenvalue weighted by Gasteiger charge is 2.25. The summed E-state index contributed by atoms with van der Waals surface area (Å²) < 4.78 is 30.8. The molecule has 10 heteroatoms. The molecule has 0 aromatic heterocycles. The second-order valence-corrected chi connectivity index (χ2v) is 4.53. The monoisotopic (exact) mass is 270 g/mol. The Morgan fingerprint density at radius 3 is 2.35 bits per heavy atom. The lowest BCUT2D eigenvalue weighted by atomic mass is 10.2. The Bertz CT molecular complexity index is 366. The predicted octanol–water partition coefficient (Wildman–Crippen LogP) is -2.02. The molecule has 0 aromatic carbocycles. The zero-order valence-corrected chi connectivity index (χ0v) is 9.86. The van der Waals surface area contributed by atoms with E-state index in [4.69, 9.17) is 10.2 Å². The molecule has 100 valence electrons. The number of hydrogen-bond acceptors (Lipinski definition) is 5. The van der Waals surface area contributed by atoms with Gasteiger partial charge in [-0.2, -0.15) is 17.9 Å². The molecule has 0 aliphatic carbocycles. The van der Waals surface area contributed by atoms with E-state index in [0.29, 0.717) is 0 Å². The van der Waals surface area contributed by atoms with E-state index in [9.17, 15) is 18.0 Å². The van der Waals surface area contributed by atoms with Gasteiger partial charge in [-0.15, -0.1) is 0 Å². The van der Waals surface area contributed by atoms with Gasteiger partial charge in [0, 0.05) is 13.7 Å². The number of carboxylic acid groups (broad SMARTS) is 2. The first-order valence-electron chi connectivity index (χ1n) is 4.49. The van der Waals surface area contributed by atoms with Gasteiger partial charge in [-0.3, -0.25) is 9.59 Å². The molecule has 4 N–H and O–H groups in total. The minimum absolute atomic E-state index is 0.0504. The number of nitrogens with one attached hydrogen (secondary N) is 2. The highest BCUT2D eigenvalue weighted by atomic mass is 32.2. The lowest BCUT2D eigenvalue weighted by Gasteiger charge is -2.13. The second-order valence-electron chi connectivity index (χ2n) is 3.00. The average molecular weight is 270 g/mol. The zero-order valence-electron chi connectivity index (χ0n) is 9.04. The van der Waals surface area contributed by atoms with E-state index in [1.807, 2.05) is 4.72 Å². The van der Waals surface area contributed by atoms with Gasteiger partial charge in [-0.1, -0.05) is 0 Å². The first-order chi connectivity index (χ1) is 7.78. The van der Waals surface area contributed by atoms with Crippen LogP contribution in [0.2, 0.25) is 0 Å². The maximum Gasteiger partial charge on any atom is 0.322 e. The molecule has 0 rings (SSSR count). The summed E-state index contributed by atoms with van der Waals surface area (Å²) in [5, 5.41) is 17.0. The van der Waals surface area contributed by atoms with Crippen molar-refractivity contribution in [1.29, 1.82) is 0 Å². The van der Waals surface area contributed by atoms with Crippen LogP contribution in [0.1, 0.15) is 6.42 Å². The van der Waals surface area contributed by atoms with E-state index >= 15 is 0 Å². The van der Waals surface area contributed by atoms with Crippen molar-refractivity contribution in [2.24, 2.45) is 0 Å². The number of carboxylic acids is 2. The van der Waals surface area contributed by atoms with Crippen LogP contribution < -0.4 is 9.44 Å². The molecule has 17 heavy (non-hydrogen) atoms. The fraction of sp³-hybridized carbons (Fsp3) is 0.714. The number of methoxy groups -OCH3 is 1. The quantitative estimate of drug-likeness (QED) is 0.354. The van der Waals surface area contributed by atoms with Crippen LogP contribution in [-0.4, -0.2) is 56.9 Å². The maximum absolute atomic E-state index is 11.3. The molecule has 1 atom stereocenters.